The Morgan fingerprint density at radius 2 is 1.87 bits per heavy atom. The van der Waals surface area contributed by atoms with Crippen molar-refractivity contribution in [3.05, 3.63) is 70.1 Å². The molecule has 0 saturated heterocycles. The van der Waals surface area contributed by atoms with Gasteiger partial charge in [0.15, 0.2) is 5.71 Å². The van der Waals surface area contributed by atoms with E-state index in [-0.39, 0.29) is 28.8 Å². The predicted molar refractivity (Wildman–Crippen MR) is 111 cm³/mol. The monoisotopic (exact) mass is 431 g/mol. The van der Waals surface area contributed by atoms with E-state index in [0.29, 0.717) is 16.0 Å². The largest absolute Gasteiger partial charge is 0.472 e. The fourth-order valence-corrected chi connectivity index (χ4v) is 3.68. The van der Waals surface area contributed by atoms with Gasteiger partial charge in [0, 0.05) is 12.6 Å². The Hall–Kier alpha value is -3.33. The van der Waals surface area contributed by atoms with E-state index in [2.05, 4.69) is 15.5 Å². The molecule has 3 aromatic rings. The van der Waals surface area contributed by atoms with Gasteiger partial charge < -0.3 is 14.9 Å². The highest BCUT2D eigenvalue weighted by Gasteiger charge is 2.20. The van der Waals surface area contributed by atoms with Crippen molar-refractivity contribution in [2.45, 2.75) is 13.5 Å². The Bertz CT molecular complexity index is 1080. The lowest BCUT2D eigenvalue weighted by molar-refractivity contribution is -0.114. The first-order valence-corrected chi connectivity index (χ1v) is 9.74. The van der Waals surface area contributed by atoms with Crippen molar-refractivity contribution < 1.29 is 23.1 Å². The molecular weight excluding hydrogens is 412 g/mol. The minimum atomic E-state index is -0.688. The number of ether oxygens (including phenoxy) is 1. The highest BCUT2D eigenvalue weighted by Crippen LogP contribution is 2.35. The molecule has 0 aliphatic carbocycles. The van der Waals surface area contributed by atoms with Crippen LogP contribution in [-0.4, -0.2) is 30.8 Å². The molecule has 1 heterocycles. The molecule has 1 amide bonds. The first-order valence-electron chi connectivity index (χ1n) is 8.92. The molecule has 9 heteroatoms. The number of hydrogen-bond acceptors (Lipinski definition) is 6. The maximum absolute atomic E-state index is 14.1. The topological polar surface area (TPSA) is 72.8 Å². The van der Waals surface area contributed by atoms with Gasteiger partial charge in [-0.05, 0) is 24.6 Å². The van der Waals surface area contributed by atoms with Gasteiger partial charge in [-0.2, -0.15) is 0 Å². The standard InChI is InChI=1S/C21H19F2N3O3S/c1-12-20(25-21(30-12)17-15(22)9-6-10-16(17)23)29-11-13-7-4-5-8-14(13)18(26-28-3)19(27)24-2/h4-10H,11H2,1-3H3,(H,24,27)/b26-18+. The number of aromatic nitrogens is 1. The number of halogens is 2. The number of oxime groups is 1. The quantitative estimate of drug-likeness (QED) is 0.452. The third-order valence-corrected chi connectivity index (χ3v) is 5.16. The lowest BCUT2D eigenvalue weighted by Crippen LogP contribution is -2.29. The number of amides is 1. The van der Waals surface area contributed by atoms with Crippen LogP contribution in [0.15, 0.2) is 47.6 Å². The van der Waals surface area contributed by atoms with Gasteiger partial charge in [0.05, 0.1) is 10.4 Å². The summed E-state index contributed by atoms with van der Waals surface area (Å²) in [6.45, 7) is 1.82. The van der Waals surface area contributed by atoms with E-state index in [1.54, 1.807) is 31.2 Å². The van der Waals surface area contributed by atoms with E-state index >= 15 is 0 Å². The predicted octanol–water partition coefficient (Wildman–Crippen LogP) is 4.07. The number of carbonyl (C=O) groups is 1. The maximum Gasteiger partial charge on any atom is 0.273 e. The van der Waals surface area contributed by atoms with Crippen LogP contribution >= 0.6 is 11.3 Å². The van der Waals surface area contributed by atoms with Gasteiger partial charge in [0.25, 0.3) is 5.91 Å². The molecule has 30 heavy (non-hydrogen) atoms. The van der Waals surface area contributed by atoms with Gasteiger partial charge in [-0.3, -0.25) is 4.79 Å². The van der Waals surface area contributed by atoms with Gasteiger partial charge in [-0.1, -0.05) is 35.5 Å². The lowest BCUT2D eigenvalue weighted by atomic mass is 10.0. The zero-order chi connectivity index (χ0) is 21.7. The summed E-state index contributed by atoms with van der Waals surface area (Å²) in [5, 5.41) is 6.52. The smallest absolute Gasteiger partial charge is 0.273 e. The van der Waals surface area contributed by atoms with Gasteiger partial charge >= 0.3 is 0 Å². The van der Waals surface area contributed by atoms with Gasteiger partial charge in [0.2, 0.25) is 5.88 Å². The summed E-state index contributed by atoms with van der Waals surface area (Å²) < 4.78 is 34.0. The highest BCUT2D eigenvalue weighted by molar-refractivity contribution is 7.15. The van der Waals surface area contributed by atoms with Gasteiger partial charge in [-0.25, -0.2) is 13.8 Å². The number of aryl methyl sites for hydroxylation is 1. The van der Waals surface area contributed by atoms with E-state index in [1.807, 2.05) is 0 Å². The Kier molecular flexibility index (Phi) is 6.73. The highest BCUT2D eigenvalue weighted by atomic mass is 32.1. The number of carbonyl (C=O) groups excluding carboxylic acids is 1. The van der Waals surface area contributed by atoms with Crippen LogP contribution in [-0.2, 0) is 16.2 Å². The second-order valence-electron chi connectivity index (χ2n) is 6.12. The molecule has 0 saturated carbocycles. The van der Waals surface area contributed by atoms with Crippen molar-refractivity contribution in [2.24, 2.45) is 5.16 Å². The Morgan fingerprint density at radius 1 is 1.17 bits per heavy atom. The van der Waals surface area contributed by atoms with Crippen molar-refractivity contribution in [3.63, 3.8) is 0 Å². The molecule has 0 aliphatic heterocycles. The molecule has 0 aliphatic rings. The fraction of sp³-hybridized carbons (Fsp3) is 0.190. The van der Waals surface area contributed by atoms with Crippen LogP contribution in [0, 0.1) is 18.6 Å². The van der Waals surface area contributed by atoms with E-state index in [4.69, 9.17) is 9.57 Å². The summed E-state index contributed by atoms with van der Waals surface area (Å²) in [4.78, 5) is 21.9. The van der Waals surface area contributed by atoms with Crippen LogP contribution in [0.5, 0.6) is 5.88 Å². The van der Waals surface area contributed by atoms with Crippen LogP contribution in [0.25, 0.3) is 10.6 Å². The fourth-order valence-electron chi connectivity index (χ4n) is 2.77. The van der Waals surface area contributed by atoms with Crippen LogP contribution in [0.4, 0.5) is 8.78 Å². The molecule has 3 rings (SSSR count). The molecular formula is C21H19F2N3O3S. The van der Waals surface area contributed by atoms with E-state index < -0.39 is 17.5 Å². The Morgan fingerprint density at radius 3 is 2.53 bits per heavy atom. The van der Waals surface area contributed by atoms with Crippen molar-refractivity contribution in [1.82, 2.24) is 10.3 Å². The molecule has 0 radical (unpaired) electrons. The van der Waals surface area contributed by atoms with Crippen molar-refractivity contribution in [1.29, 1.82) is 0 Å². The van der Waals surface area contributed by atoms with Gasteiger partial charge in [-0.15, -0.1) is 11.3 Å². The van der Waals surface area contributed by atoms with E-state index in [9.17, 15) is 13.6 Å². The van der Waals surface area contributed by atoms with Crippen LogP contribution in [0.2, 0.25) is 0 Å². The zero-order valence-corrected chi connectivity index (χ0v) is 17.3. The number of hydrogen-bond donors (Lipinski definition) is 1. The molecule has 1 N–H and O–H groups in total. The zero-order valence-electron chi connectivity index (χ0n) is 16.5. The second-order valence-corrected chi connectivity index (χ2v) is 7.33. The number of rotatable bonds is 7. The number of nitrogens with zero attached hydrogens (tertiary/aromatic N) is 2. The van der Waals surface area contributed by atoms with E-state index in [0.717, 1.165) is 11.3 Å². The summed E-state index contributed by atoms with van der Waals surface area (Å²) >= 11 is 1.13. The van der Waals surface area contributed by atoms with Crippen LogP contribution < -0.4 is 10.1 Å². The number of thiazole rings is 1. The summed E-state index contributed by atoms with van der Waals surface area (Å²) in [6.07, 6.45) is 0. The SMILES string of the molecule is CNC(=O)/C(=N/OC)c1ccccc1COc1nc(-c2c(F)cccc2F)sc1C. The minimum absolute atomic E-state index is 0.0691. The number of likely N-dealkylation sites (N-methyl/N-ethyl adjacent to an activating group) is 1. The molecule has 0 unspecified atom stereocenters. The Balaban J connectivity index is 1.88. The molecule has 0 atom stereocenters. The molecule has 2 aromatic carbocycles. The minimum Gasteiger partial charge on any atom is -0.472 e. The summed E-state index contributed by atoms with van der Waals surface area (Å²) in [7, 11) is 2.85. The average Bonchev–Trinajstić information content (AvgIpc) is 3.10. The molecule has 0 spiro atoms. The second kappa shape index (κ2) is 9.45. The summed E-state index contributed by atoms with van der Waals surface area (Å²) in [6, 6.07) is 10.7. The van der Waals surface area contributed by atoms with E-state index in [1.165, 1.54) is 32.4 Å². The molecule has 156 valence electrons. The molecule has 0 fully saturated rings. The third-order valence-electron chi connectivity index (χ3n) is 4.19. The first-order chi connectivity index (χ1) is 14.5. The van der Waals surface area contributed by atoms with Crippen molar-refractivity contribution in [3.8, 4) is 16.5 Å². The Labute approximate surface area is 176 Å². The summed E-state index contributed by atoms with van der Waals surface area (Å²) in [5.41, 5.74) is 1.12. The van der Waals surface area contributed by atoms with Crippen molar-refractivity contribution >= 4 is 23.0 Å². The maximum atomic E-state index is 14.1. The lowest BCUT2D eigenvalue weighted by Gasteiger charge is -2.11. The van der Waals surface area contributed by atoms with Crippen LogP contribution in [0.1, 0.15) is 16.0 Å². The summed E-state index contributed by atoms with van der Waals surface area (Å²) in [5.74, 6) is -1.53. The van der Waals surface area contributed by atoms with Crippen LogP contribution in [0.3, 0.4) is 0 Å². The third kappa shape index (κ3) is 4.46. The molecule has 6 nitrogen and oxygen atoms in total. The average molecular weight is 431 g/mol. The normalized spacial score (nSPS) is 11.3. The van der Waals surface area contributed by atoms with Gasteiger partial charge in [0.1, 0.15) is 30.4 Å². The first kappa shape index (κ1) is 21.4. The molecule has 0 bridgehead atoms. The number of benzene rings is 2. The van der Waals surface area contributed by atoms with Crippen molar-refractivity contribution in [2.75, 3.05) is 14.2 Å². The number of nitrogens with one attached hydrogen (secondary N) is 1. The molecule has 1 aromatic heterocycles.